The molecule has 1 heterocycles. The van der Waals surface area contributed by atoms with E-state index >= 15 is 0 Å². The fourth-order valence-electron chi connectivity index (χ4n) is 1.78. The van der Waals surface area contributed by atoms with Gasteiger partial charge < -0.3 is 4.74 Å². The molecule has 0 spiro atoms. The molecular formula is C14H13FN2O3. The van der Waals surface area contributed by atoms with Gasteiger partial charge in [0.25, 0.3) is 5.43 Å². The van der Waals surface area contributed by atoms with Gasteiger partial charge in [-0.05, 0) is 18.6 Å². The Morgan fingerprint density at radius 3 is 2.70 bits per heavy atom. The largest absolute Gasteiger partial charge is 0.491 e. The summed E-state index contributed by atoms with van der Waals surface area (Å²) in [5, 5.41) is 3.89. The first kappa shape index (κ1) is 13.9. The molecule has 1 aromatic carbocycles. The molecule has 104 valence electrons. The highest BCUT2D eigenvalue weighted by atomic mass is 19.1. The van der Waals surface area contributed by atoms with E-state index in [1.54, 1.807) is 19.1 Å². The number of carbonyl (C=O) groups is 1. The Hall–Kier alpha value is -2.50. The second kappa shape index (κ2) is 5.24. The van der Waals surface area contributed by atoms with Crippen molar-refractivity contribution in [2.45, 2.75) is 13.8 Å². The Morgan fingerprint density at radius 2 is 2.10 bits per heavy atom. The van der Waals surface area contributed by atoms with Crippen LogP contribution in [0.3, 0.4) is 0 Å². The predicted octanol–water partition coefficient (Wildman–Crippen LogP) is 1.89. The van der Waals surface area contributed by atoms with Gasteiger partial charge >= 0.3 is 0 Å². The zero-order valence-electron chi connectivity index (χ0n) is 11.3. The average Bonchev–Trinajstić information content (AvgIpc) is 2.42. The minimum Gasteiger partial charge on any atom is -0.491 e. The number of hydrogen-bond donors (Lipinski definition) is 0. The molecule has 0 aliphatic carbocycles. The summed E-state index contributed by atoms with van der Waals surface area (Å²) < 4.78 is 20.1. The number of carbonyl (C=O) groups excluding carboxylic acids is 1. The first-order valence-electron chi connectivity index (χ1n) is 5.90. The third kappa shape index (κ3) is 2.32. The maximum absolute atomic E-state index is 14.1. The second-order valence-electron chi connectivity index (χ2n) is 4.28. The van der Waals surface area contributed by atoms with Crippen molar-refractivity contribution in [2.24, 2.45) is 0 Å². The average molecular weight is 276 g/mol. The predicted molar refractivity (Wildman–Crippen MR) is 71.1 cm³/mol. The van der Waals surface area contributed by atoms with Gasteiger partial charge in [-0.2, -0.15) is 5.10 Å². The van der Waals surface area contributed by atoms with Crippen molar-refractivity contribution in [3.8, 4) is 11.4 Å². The lowest BCUT2D eigenvalue weighted by Gasteiger charge is -2.11. The number of aromatic nitrogens is 2. The zero-order chi connectivity index (χ0) is 14.9. The van der Waals surface area contributed by atoms with Crippen LogP contribution >= 0.6 is 0 Å². The lowest BCUT2D eigenvalue weighted by Crippen LogP contribution is -2.22. The van der Waals surface area contributed by atoms with Crippen molar-refractivity contribution in [1.29, 1.82) is 0 Å². The molecule has 2 rings (SSSR count). The van der Waals surface area contributed by atoms with Crippen LogP contribution in [-0.4, -0.2) is 22.7 Å². The smallest absolute Gasteiger partial charge is 0.252 e. The molecular weight excluding hydrogens is 263 g/mol. The van der Waals surface area contributed by atoms with Gasteiger partial charge in [0.05, 0.1) is 13.3 Å². The maximum Gasteiger partial charge on any atom is 0.252 e. The summed E-state index contributed by atoms with van der Waals surface area (Å²) in [5.74, 6) is -1.04. The number of hydrogen-bond acceptors (Lipinski definition) is 4. The molecule has 0 radical (unpaired) electrons. The van der Waals surface area contributed by atoms with Crippen LogP contribution in [0.2, 0.25) is 0 Å². The van der Waals surface area contributed by atoms with E-state index in [2.05, 4.69) is 5.10 Å². The van der Waals surface area contributed by atoms with Crippen LogP contribution in [0.15, 0.2) is 29.2 Å². The summed E-state index contributed by atoms with van der Waals surface area (Å²) in [6.07, 6.45) is 1.26. The van der Waals surface area contributed by atoms with Crippen molar-refractivity contribution < 1.29 is 13.9 Å². The lowest BCUT2D eigenvalue weighted by molar-refractivity contribution is 0.100. The molecule has 0 fully saturated rings. The van der Waals surface area contributed by atoms with E-state index in [1.807, 2.05) is 0 Å². The number of rotatable bonds is 3. The third-order valence-corrected chi connectivity index (χ3v) is 2.86. The molecule has 2 aromatic rings. The fraction of sp³-hybridized carbons (Fsp3) is 0.214. The van der Waals surface area contributed by atoms with Crippen LogP contribution in [0, 0.1) is 12.7 Å². The normalized spacial score (nSPS) is 10.4. The number of benzene rings is 1. The summed E-state index contributed by atoms with van der Waals surface area (Å²) in [5.41, 5.74) is -0.313. The highest BCUT2D eigenvalue weighted by molar-refractivity contribution is 5.92. The van der Waals surface area contributed by atoms with Crippen molar-refractivity contribution >= 4 is 5.78 Å². The Labute approximate surface area is 114 Å². The van der Waals surface area contributed by atoms with E-state index in [0.29, 0.717) is 5.56 Å². The molecule has 0 saturated heterocycles. The molecule has 20 heavy (non-hydrogen) atoms. The minimum absolute atomic E-state index is 0.0638. The SMILES string of the molecule is COc1cn(-c2cccc(C)c2F)nc(C(C)=O)c1=O. The van der Waals surface area contributed by atoms with Crippen LogP contribution in [0.1, 0.15) is 23.0 Å². The zero-order valence-corrected chi connectivity index (χ0v) is 11.3. The van der Waals surface area contributed by atoms with Gasteiger partial charge in [0.2, 0.25) is 0 Å². The van der Waals surface area contributed by atoms with Gasteiger partial charge in [-0.1, -0.05) is 12.1 Å². The van der Waals surface area contributed by atoms with Crippen molar-refractivity contribution in [1.82, 2.24) is 9.78 Å². The number of halogens is 1. The first-order chi connectivity index (χ1) is 9.45. The quantitative estimate of drug-likeness (QED) is 0.803. The molecule has 0 amide bonds. The minimum atomic E-state index is -0.607. The maximum atomic E-state index is 14.1. The summed E-state index contributed by atoms with van der Waals surface area (Å²) >= 11 is 0. The highest BCUT2D eigenvalue weighted by Gasteiger charge is 2.16. The van der Waals surface area contributed by atoms with Gasteiger partial charge in [0.15, 0.2) is 23.0 Å². The molecule has 0 bridgehead atoms. The molecule has 0 saturated carbocycles. The van der Waals surface area contributed by atoms with Gasteiger partial charge in [0, 0.05) is 6.92 Å². The molecule has 0 aliphatic rings. The first-order valence-corrected chi connectivity index (χ1v) is 5.90. The van der Waals surface area contributed by atoms with E-state index in [-0.39, 0.29) is 17.1 Å². The van der Waals surface area contributed by atoms with Crippen LogP contribution < -0.4 is 10.2 Å². The van der Waals surface area contributed by atoms with Crippen LogP contribution in [0.25, 0.3) is 5.69 Å². The number of ether oxygens (including phenoxy) is 1. The molecule has 1 aromatic heterocycles. The molecule has 0 N–H and O–H groups in total. The number of methoxy groups -OCH3 is 1. The molecule has 0 unspecified atom stereocenters. The fourth-order valence-corrected chi connectivity index (χ4v) is 1.78. The Balaban J connectivity index is 2.75. The van der Waals surface area contributed by atoms with E-state index in [1.165, 1.54) is 26.3 Å². The summed E-state index contributed by atoms with van der Waals surface area (Å²) in [6, 6.07) is 4.78. The Bertz CT molecular complexity index is 738. The van der Waals surface area contributed by atoms with E-state index < -0.39 is 17.0 Å². The Kier molecular flexibility index (Phi) is 3.65. The summed E-state index contributed by atoms with van der Waals surface area (Å²) in [6.45, 7) is 2.84. The number of aryl methyl sites for hydroxylation is 1. The van der Waals surface area contributed by atoms with Crippen molar-refractivity contribution in [3.63, 3.8) is 0 Å². The standard InChI is InChI=1S/C14H13FN2O3/c1-8-5-4-6-10(12(8)15)17-7-11(20-3)14(19)13(16-17)9(2)18/h4-7H,1-3H3. The van der Waals surface area contributed by atoms with E-state index in [4.69, 9.17) is 4.74 Å². The monoisotopic (exact) mass is 276 g/mol. The number of nitrogens with zero attached hydrogens (tertiary/aromatic N) is 2. The van der Waals surface area contributed by atoms with Crippen LogP contribution in [0.5, 0.6) is 5.75 Å². The van der Waals surface area contributed by atoms with E-state index in [0.717, 1.165) is 4.68 Å². The number of Topliss-reactive ketones (excluding diaryl/α,β-unsaturated/α-hetero) is 1. The molecule has 0 atom stereocenters. The third-order valence-electron chi connectivity index (χ3n) is 2.86. The summed E-state index contributed by atoms with van der Waals surface area (Å²) in [7, 11) is 1.30. The van der Waals surface area contributed by atoms with E-state index in [9.17, 15) is 14.0 Å². The van der Waals surface area contributed by atoms with Gasteiger partial charge in [-0.3, -0.25) is 9.59 Å². The second-order valence-corrected chi connectivity index (χ2v) is 4.28. The highest BCUT2D eigenvalue weighted by Crippen LogP contribution is 2.17. The van der Waals surface area contributed by atoms with Gasteiger partial charge in [0.1, 0.15) is 5.69 Å². The van der Waals surface area contributed by atoms with Crippen molar-refractivity contribution in [3.05, 3.63) is 51.7 Å². The molecule has 5 nitrogen and oxygen atoms in total. The molecule has 0 aliphatic heterocycles. The summed E-state index contributed by atoms with van der Waals surface area (Å²) in [4.78, 5) is 23.3. The van der Waals surface area contributed by atoms with Crippen molar-refractivity contribution in [2.75, 3.05) is 7.11 Å². The number of ketones is 1. The van der Waals surface area contributed by atoms with Crippen LogP contribution in [-0.2, 0) is 0 Å². The van der Waals surface area contributed by atoms with Gasteiger partial charge in [-0.15, -0.1) is 0 Å². The Morgan fingerprint density at radius 1 is 1.40 bits per heavy atom. The van der Waals surface area contributed by atoms with Crippen LogP contribution in [0.4, 0.5) is 4.39 Å². The topological polar surface area (TPSA) is 61.2 Å². The van der Waals surface area contributed by atoms with Gasteiger partial charge in [-0.25, -0.2) is 9.07 Å². The lowest BCUT2D eigenvalue weighted by atomic mass is 10.2. The molecule has 6 heteroatoms.